The minimum absolute atomic E-state index is 0. The van der Waals surface area contributed by atoms with Crippen LogP contribution < -0.4 is 2.81 Å². The Balaban J connectivity index is 0. The van der Waals surface area contributed by atoms with Gasteiger partial charge in [0.1, 0.15) is 0 Å². The third-order valence-corrected chi connectivity index (χ3v) is 3.23. The fraction of sp³-hybridized carbons (Fsp3) is 0.571. The predicted octanol–water partition coefficient (Wildman–Crippen LogP) is 4.97. The van der Waals surface area contributed by atoms with Gasteiger partial charge in [-0.25, -0.2) is 0 Å². The van der Waals surface area contributed by atoms with Gasteiger partial charge < -0.3 is 0 Å². The fourth-order valence-electron chi connectivity index (χ4n) is 1.83. The van der Waals surface area contributed by atoms with Gasteiger partial charge in [0.25, 0.3) is 0 Å². The normalized spacial score (nSPS) is 11.2. The van der Waals surface area contributed by atoms with Gasteiger partial charge in [0.05, 0.1) is 0 Å². The molecule has 0 bridgehead atoms. The van der Waals surface area contributed by atoms with E-state index >= 15 is 0 Å². The molecule has 0 heterocycles. The maximum atomic E-state index is 5.72. The Bertz CT molecular complexity index is 346. The van der Waals surface area contributed by atoms with Gasteiger partial charge in [-0.15, -0.1) is 24.8 Å². The molecule has 0 radical (unpaired) electrons. The summed E-state index contributed by atoms with van der Waals surface area (Å²) < 4.78 is 5.72. The molecule has 0 spiro atoms. The van der Waals surface area contributed by atoms with Gasteiger partial charge in [-0.05, 0) is 0 Å². The van der Waals surface area contributed by atoms with Crippen molar-refractivity contribution < 1.29 is 28.0 Å². The zero-order valence-corrected chi connectivity index (χ0v) is 16.0. The average Bonchev–Trinajstić information content (AvgIpc) is 2.13. The Morgan fingerprint density at radius 2 is 1.17 bits per heavy atom. The molecule has 0 aromatic heterocycles. The second-order valence-electron chi connectivity index (χ2n) is 6.28. The maximum absolute atomic E-state index is 5.72. The summed E-state index contributed by atoms with van der Waals surface area (Å²) in [4.78, 5) is 0. The molecule has 18 heavy (non-hydrogen) atoms. The van der Waals surface area contributed by atoms with Crippen molar-refractivity contribution in [1.82, 2.24) is 0 Å². The predicted molar refractivity (Wildman–Crippen MR) is 79.0 cm³/mol. The molecule has 1 aromatic carbocycles. The first-order valence-corrected chi connectivity index (χ1v) is 6.66. The van der Waals surface area contributed by atoms with Crippen LogP contribution in [0.1, 0.15) is 52.7 Å². The van der Waals surface area contributed by atoms with Gasteiger partial charge in [0, 0.05) is 0 Å². The van der Waals surface area contributed by atoms with Crippen LogP contribution >= 0.6 is 24.8 Å². The minimum Gasteiger partial charge on any atom is -0.147 e. The van der Waals surface area contributed by atoms with Crippen molar-refractivity contribution in [2.45, 2.75) is 52.4 Å². The van der Waals surface area contributed by atoms with Crippen LogP contribution in [0, 0.1) is 0 Å². The number of hydrogen-bond donors (Lipinski definition) is 0. The molecule has 0 saturated heterocycles. The largest absolute Gasteiger partial charge is 0.147 e. The van der Waals surface area contributed by atoms with Gasteiger partial charge in [0.2, 0.25) is 0 Å². The Kier molecular flexibility index (Phi) is 8.45. The third-order valence-electron chi connectivity index (χ3n) is 2.73. The zero-order valence-electron chi connectivity index (χ0n) is 12.0. The first-order chi connectivity index (χ1) is 7.18. The Labute approximate surface area is 139 Å². The summed E-state index contributed by atoms with van der Waals surface area (Å²) in [5.74, 6) is 1.08. The molecular weight excluding hydrogens is 346 g/mol. The fourth-order valence-corrected chi connectivity index (χ4v) is 2.37. The molecule has 1 rings (SSSR count). The molecule has 0 aliphatic heterocycles. The van der Waals surface area contributed by atoms with E-state index < -0.39 is 0 Å². The van der Waals surface area contributed by atoms with Crippen molar-refractivity contribution in [2.24, 2.45) is 0 Å². The van der Waals surface area contributed by atoms with E-state index in [1.807, 2.05) is 0 Å². The summed E-state index contributed by atoms with van der Waals surface area (Å²) in [6.45, 7) is 13.4. The van der Waals surface area contributed by atoms with E-state index in [-0.39, 0.29) is 35.6 Å². The average molecular weight is 369 g/mol. The first kappa shape index (κ1) is 20.8. The van der Waals surface area contributed by atoms with Gasteiger partial charge in [-0.3, -0.25) is 0 Å². The Hall–Kier alpha value is 0.483. The number of hydrogen-bond acceptors (Lipinski definition) is 1. The van der Waals surface area contributed by atoms with Crippen LogP contribution in [0.3, 0.4) is 0 Å². The van der Waals surface area contributed by atoms with Gasteiger partial charge in [-0.2, -0.15) is 0 Å². The van der Waals surface area contributed by atoms with Crippen molar-refractivity contribution in [3.63, 3.8) is 0 Å². The molecule has 0 saturated carbocycles. The third kappa shape index (κ3) is 4.87. The summed E-state index contributed by atoms with van der Waals surface area (Å²) in [6, 6.07) is 6.49. The van der Waals surface area contributed by atoms with E-state index in [0.717, 1.165) is 30.9 Å². The molecule has 0 amide bonds. The van der Waals surface area contributed by atoms with Gasteiger partial charge in [-0.1, -0.05) is 0 Å². The van der Waals surface area contributed by atoms with Crippen molar-refractivity contribution >= 4 is 24.8 Å². The molecule has 0 unspecified atom stereocenters. The van der Waals surface area contributed by atoms with Crippen molar-refractivity contribution in [1.29, 1.82) is 0 Å². The van der Waals surface area contributed by atoms with Crippen molar-refractivity contribution in [3.05, 3.63) is 29.3 Å². The summed E-state index contributed by atoms with van der Waals surface area (Å²) in [6.07, 6.45) is 0. The molecule has 4 heteroatoms. The number of benzene rings is 1. The summed E-state index contributed by atoms with van der Waals surface area (Å²) >= 11 is 1.10. The summed E-state index contributed by atoms with van der Waals surface area (Å²) in [5.41, 5.74) is 2.87. The van der Waals surface area contributed by atoms with E-state index in [1.165, 1.54) is 11.1 Å². The minimum atomic E-state index is 0. The molecule has 0 N–H and O–H groups in total. The van der Waals surface area contributed by atoms with Crippen LogP contribution in [0.25, 0.3) is 0 Å². The number of rotatable bonds is 1. The second-order valence-corrected chi connectivity index (χ2v) is 6.79. The van der Waals surface area contributed by atoms with Gasteiger partial charge >= 0.3 is 115 Å². The molecule has 0 fully saturated rings. The Morgan fingerprint density at radius 3 is 1.39 bits per heavy atom. The molecular formula is C14H23Cl2OZr. The van der Waals surface area contributed by atoms with E-state index in [4.69, 9.17) is 2.81 Å². The van der Waals surface area contributed by atoms with E-state index in [1.54, 1.807) is 0 Å². The van der Waals surface area contributed by atoms with Crippen LogP contribution in [0.4, 0.5) is 0 Å². The van der Waals surface area contributed by atoms with Crippen LogP contribution in [0.15, 0.2) is 18.2 Å². The van der Waals surface area contributed by atoms with Gasteiger partial charge in [0.15, 0.2) is 0 Å². The smallest absolute Gasteiger partial charge is 0.147 e. The molecule has 0 aliphatic rings. The van der Waals surface area contributed by atoms with E-state index in [0.29, 0.717) is 0 Å². The quantitative estimate of drug-likeness (QED) is 0.679. The van der Waals surface area contributed by atoms with E-state index in [9.17, 15) is 0 Å². The second kappa shape index (κ2) is 7.31. The van der Waals surface area contributed by atoms with Crippen molar-refractivity contribution in [2.75, 3.05) is 0 Å². The van der Waals surface area contributed by atoms with Crippen LogP contribution in [-0.2, 0) is 36.0 Å². The Morgan fingerprint density at radius 1 is 0.833 bits per heavy atom. The number of halogens is 2. The standard InChI is InChI=1S/C14H22O.2ClH.Zr/c1-13(2,3)10-8-7-9-11(12(10)15)14(4,5)6;;;/h7-9,15H,1-6H3;2*1H;/q;;;+1/p-1. The number of para-hydroxylation sites is 1. The van der Waals surface area contributed by atoms with E-state index in [2.05, 4.69) is 59.7 Å². The molecule has 0 aliphatic carbocycles. The van der Waals surface area contributed by atoms with Crippen LogP contribution in [0.5, 0.6) is 5.75 Å². The van der Waals surface area contributed by atoms with Crippen molar-refractivity contribution in [3.8, 4) is 5.75 Å². The monoisotopic (exact) mass is 367 g/mol. The van der Waals surface area contributed by atoms with Crippen LogP contribution in [0.2, 0.25) is 0 Å². The maximum Gasteiger partial charge on any atom is -0.147 e. The SMILES string of the molecule is CC(C)(C)c1cccc(C(C)(C)C)c1[O][Zr].Cl.Cl. The summed E-state index contributed by atoms with van der Waals surface area (Å²) in [5, 5.41) is 0. The summed E-state index contributed by atoms with van der Waals surface area (Å²) in [7, 11) is 0. The van der Waals surface area contributed by atoms with Crippen LogP contribution in [-0.4, -0.2) is 0 Å². The first-order valence-electron chi connectivity index (χ1n) is 5.65. The molecule has 1 nitrogen and oxygen atoms in total. The molecule has 0 atom stereocenters. The topological polar surface area (TPSA) is 9.23 Å². The molecule has 103 valence electrons. The zero-order chi connectivity index (χ0) is 12.6. The molecule has 1 aromatic rings.